The average Bonchev–Trinajstić information content (AvgIpc) is 2.84. The van der Waals surface area contributed by atoms with Crippen LogP contribution in [0.15, 0.2) is 0 Å². The van der Waals surface area contributed by atoms with Crippen LogP contribution in [0.2, 0.25) is 0 Å². The van der Waals surface area contributed by atoms with E-state index >= 15 is 0 Å². The van der Waals surface area contributed by atoms with Gasteiger partial charge in [0.1, 0.15) is 0 Å². The monoisotopic (exact) mass is 175 g/mol. The second-order valence-electron chi connectivity index (χ2n) is 3.23. The van der Waals surface area contributed by atoms with Gasteiger partial charge in [0.05, 0.1) is 12.7 Å². The highest BCUT2D eigenvalue weighted by Gasteiger charge is 2.19. The third kappa shape index (κ3) is 9.88. The molecule has 0 bridgehead atoms. The Morgan fingerprint density at radius 1 is 1.25 bits per heavy atom. The van der Waals surface area contributed by atoms with Crippen molar-refractivity contribution in [3.8, 4) is 0 Å². The minimum Gasteiger partial charge on any atom is -0.383 e. The second kappa shape index (κ2) is 7.53. The molecule has 1 fully saturated rings. The Bertz CT molecular complexity index is 92.5. The Morgan fingerprint density at radius 3 is 1.92 bits per heavy atom. The van der Waals surface area contributed by atoms with Crippen molar-refractivity contribution >= 4 is 0 Å². The minimum atomic E-state index is 0.634. The van der Waals surface area contributed by atoms with E-state index in [0.717, 1.165) is 13.2 Å². The predicted octanol–water partition coefficient (Wildman–Crippen LogP) is 0.990. The van der Waals surface area contributed by atoms with Crippen LogP contribution in [0.3, 0.4) is 0 Å². The van der Waals surface area contributed by atoms with Gasteiger partial charge in [0.15, 0.2) is 0 Å². The molecule has 0 heterocycles. The van der Waals surface area contributed by atoms with Gasteiger partial charge in [0, 0.05) is 20.8 Å². The van der Waals surface area contributed by atoms with Crippen LogP contribution in [0.5, 0.6) is 0 Å². The highest BCUT2D eigenvalue weighted by molar-refractivity contribution is 4.71. The second-order valence-corrected chi connectivity index (χ2v) is 3.23. The molecule has 0 radical (unpaired) electrons. The predicted molar refractivity (Wildman–Crippen MR) is 50.5 cm³/mol. The van der Waals surface area contributed by atoms with Crippen molar-refractivity contribution in [1.82, 2.24) is 4.90 Å². The fraction of sp³-hybridized carbons (Fsp3) is 1.00. The lowest BCUT2D eigenvalue weighted by atomic mass is 10.6. The number of nitrogens with zero attached hydrogens (tertiary/aromatic N) is 1. The molecule has 0 aromatic heterocycles. The first kappa shape index (κ1) is 11.9. The van der Waals surface area contributed by atoms with Gasteiger partial charge in [0.2, 0.25) is 0 Å². The summed E-state index contributed by atoms with van der Waals surface area (Å²) in [5, 5.41) is 0. The normalized spacial score (nSPS) is 15.8. The molecule has 1 saturated carbocycles. The lowest BCUT2D eigenvalue weighted by Crippen LogP contribution is -2.16. The van der Waals surface area contributed by atoms with Crippen molar-refractivity contribution in [2.75, 3.05) is 41.5 Å². The largest absolute Gasteiger partial charge is 0.383 e. The molecular formula is C9H21NO2. The Labute approximate surface area is 75.6 Å². The maximum Gasteiger partial charge on any atom is 0.0589 e. The molecule has 0 N–H and O–H groups in total. The van der Waals surface area contributed by atoms with Crippen LogP contribution >= 0.6 is 0 Å². The van der Waals surface area contributed by atoms with Gasteiger partial charge in [-0.15, -0.1) is 0 Å². The van der Waals surface area contributed by atoms with Gasteiger partial charge in [0.25, 0.3) is 0 Å². The highest BCUT2D eigenvalue weighted by Crippen LogP contribution is 2.21. The molecule has 74 valence electrons. The van der Waals surface area contributed by atoms with E-state index in [0.29, 0.717) is 6.10 Å². The zero-order chi connectivity index (χ0) is 9.40. The van der Waals surface area contributed by atoms with Crippen molar-refractivity contribution in [3.63, 3.8) is 0 Å². The third-order valence-corrected chi connectivity index (χ3v) is 1.60. The summed E-state index contributed by atoms with van der Waals surface area (Å²) in [6.07, 6.45) is 3.21. The molecule has 3 heteroatoms. The van der Waals surface area contributed by atoms with E-state index in [9.17, 15) is 0 Å². The number of rotatable bonds is 4. The summed E-state index contributed by atoms with van der Waals surface area (Å²) in [6.45, 7) is 1.84. The van der Waals surface area contributed by atoms with Crippen LogP contribution in [0.1, 0.15) is 12.8 Å². The first-order chi connectivity index (χ1) is 5.70. The van der Waals surface area contributed by atoms with E-state index in [4.69, 9.17) is 9.47 Å². The summed E-state index contributed by atoms with van der Waals surface area (Å²) >= 11 is 0. The molecule has 0 saturated heterocycles. The van der Waals surface area contributed by atoms with Crippen LogP contribution in [-0.4, -0.2) is 52.5 Å². The standard InChI is InChI=1S/C5H13NO.C4H8O/c1-6(2)4-5-7-3;1-5-4-2-3-4/h4-5H2,1-3H3;4H,2-3H2,1H3. The maximum atomic E-state index is 4.86. The van der Waals surface area contributed by atoms with Crippen LogP contribution in [-0.2, 0) is 9.47 Å². The Hall–Kier alpha value is -0.120. The summed E-state index contributed by atoms with van der Waals surface area (Å²) in [5.41, 5.74) is 0. The van der Waals surface area contributed by atoms with Gasteiger partial charge >= 0.3 is 0 Å². The van der Waals surface area contributed by atoms with Crippen molar-refractivity contribution in [2.45, 2.75) is 18.9 Å². The van der Waals surface area contributed by atoms with E-state index in [2.05, 4.69) is 4.90 Å². The Balaban J connectivity index is 0.000000211. The van der Waals surface area contributed by atoms with Crippen molar-refractivity contribution in [3.05, 3.63) is 0 Å². The summed E-state index contributed by atoms with van der Waals surface area (Å²) in [6, 6.07) is 0. The molecule has 0 amide bonds. The van der Waals surface area contributed by atoms with Gasteiger partial charge in [-0.1, -0.05) is 0 Å². The highest BCUT2D eigenvalue weighted by atomic mass is 16.5. The molecule has 0 aromatic rings. The number of likely N-dealkylation sites (N-methyl/N-ethyl adjacent to an activating group) is 1. The van der Waals surface area contributed by atoms with Crippen molar-refractivity contribution in [1.29, 1.82) is 0 Å². The zero-order valence-electron chi connectivity index (χ0n) is 8.67. The van der Waals surface area contributed by atoms with Crippen LogP contribution < -0.4 is 0 Å². The first-order valence-corrected chi connectivity index (χ1v) is 4.37. The van der Waals surface area contributed by atoms with E-state index < -0.39 is 0 Å². The molecule has 0 aliphatic heterocycles. The minimum absolute atomic E-state index is 0.634. The Kier molecular flexibility index (Phi) is 7.45. The fourth-order valence-electron chi connectivity index (χ4n) is 0.578. The van der Waals surface area contributed by atoms with Crippen LogP contribution in [0.25, 0.3) is 0 Å². The molecule has 3 nitrogen and oxygen atoms in total. The van der Waals surface area contributed by atoms with Crippen molar-refractivity contribution in [2.24, 2.45) is 0 Å². The molecular weight excluding hydrogens is 154 g/mol. The van der Waals surface area contributed by atoms with Gasteiger partial charge < -0.3 is 14.4 Å². The topological polar surface area (TPSA) is 21.7 Å². The quantitative estimate of drug-likeness (QED) is 0.636. The summed E-state index contributed by atoms with van der Waals surface area (Å²) in [4.78, 5) is 2.09. The Morgan fingerprint density at radius 2 is 1.83 bits per heavy atom. The van der Waals surface area contributed by atoms with Crippen molar-refractivity contribution < 1.29 is 9.47 Å². The zero-order valence-corrected chi connectivity index (χ0v) is 8.67. The summed E-state index contributed by atoms with van der Waals surface area (Å²) < 4.78 is 9.67. The number of methoxy groups -OCH3 is 2. The molecule has 12 heavy (non-hydrogen) atoms. The lowest BCUT2D eigenvalue weighted by molar-refractivity contribution is 0.172. The smallest absolute Gasteiger partial charge is 0.0589 e. The average molecular weight is 175 g/mol. The van der Waals surface area contributed by atoms with E-state index in [1.165, 1.54) is 12.8 Å². The summed E-state index contributed by atoms with van der Waals surface area (Å²) in [5.74, 6) is 0. The van der Waals surface area contributed by atoms with Gasteiger partial charge in [-0.25, -0.2) is 0 Å². The number of ether oxygens (including phenoxy) is 2. The molecule has 1 rings (SSSR count). The SMILES string of the molecule is COC1CC1.COCCN(C)C. The van der Waals surface area contributed by atoms with E-state index in [1.54, 1.807) is 14.2 Å². The van der Waals surface area contributed by atoms with Gasteiger partial charge in [-0.2, -0.15) is 0 Å². The van der Waals surface area contributed by atoms with E-state index in [1.807, 2.05) is 14.1 Å². The van der Waals surface area contributed by atoms with Crippen LogP contribution in [0, 0.1) is 0 Å². The summed E-state index contributed by atoms with van der Waals surface area (Å²) in [7, 11) is 7.53. The molecule has 1 aliphatic rings. The van der Waals surface area contributed by atoms with Gasteiger partial charge in [-0.05, 0) is 26.9 Å². The van der Waals surface area contributed by atoms with Gasteiger partial charge in [-0.3, -0.25) is 0 Å². The maximum absolute atomic E-state index is 4.86. The molecule has 1 aliphatic carbocycles. The number of hydrogen-bond acceptors (Lipinski definition) is 3. The number of hydrogen-bond donors (Lipinski definition) is 0. The lowest BCUT2D eigenvalue weighted by Gasteiger charge is -2.06. The fourth-order valence-corrected chi connectivity index (χ4v) is 0.578. The molecule has 0 spiro atoms. The van der Waals surface area contributed by atoms with E-state index in [-0.39, 0.29) is 0 Å². The first-order valence-electron chi connectivity index (χ1n) is 4.37. The third-order valence-electron chi connectivity index (χ3n) is 1.60. The van der Waals surface area contributed by atoms with Crippen LogP contribution in [0.4, 0.5) is 0 Å². The molecule has 0 unspecified atom stereocenters. The molecule has 0 atom stereocenters. The molecule has 0 aromatic carbocycles.